The summed E-state index contributed by atoms with van der Waals surface area (Å²) in [6.07, 6.45) is 0.000325. The molecule has 1 aliphatic heterocycles. The number of rotatable bonds is 7. The largest absolute Gasteiger partial charge is 0.507 e. The third-order valence-corrected chi connectivity index (χ3v) is 5.86. The molecule has 0 bridgehead atoms. The smallest absolute Gasteiger partial charge is 0.300 e. The van der Waals surface area contributed by atoms with Crippen LogP contribution in [0.15, 0.2) is 78.4 Å². The first-order valence-electron chi connectivity index (χ1n) is 11.4. The summed E-state index contributed by atoms with van der Waals surface area (Å²) in [6.45, 7) is 6.06. The van der Waals surface area contributed by atoms with Crippen molar-refractivity contribution in [3.05, 3.63) is 94.5 Å². The third kappa shape index (κ3) is 4.88. The number of nitrogens with zero attached hydrogens (tertiary/aromatic N) is 1. The van der Waals surface area contributed by atoms with E-state index in [9.17, 15) is 14.7 Å². The second-order valence-electron chi connectivity index (χ2n) is 8.32. The van der Waals surface area contributed by atoms with Gasteiger partial charge in [0.15, 0.2) is 0 Å². The van der Waals surface area contributed by atoms with Gasteiger partial charge in [-0.1, -0.05) is 41.9 Å². The molecule has 1 amide bonds. The van der Waals surface area contributed by atoms with Crippen LogP contribution in [-0.4, -0.2) is 29.5 Å². The number of aliphatic hydroxyl groups is 1. The topological polar surface area (TPSA) is 76.1 Å². The maximum atomic E-state index is 13.3. The molecular weight excluding hydrogens is 466 g/mol. The number of aliphatic hydroxyl groups excluding tert-OH is 1. The second-order valence-corrected chi connectivity index (χ2v) is 8.73. The van der Waals surface area contributed by atoms with E-state index in [0.717, 1.165) is 0 Å². The maximum absolute atomic E-state index is 13.3. The molecule has 0 aliphatic carbocycles. The Hall–Kier alpha value is -3.77. The summed E-state index contributed by atoms with van der Waals surface area (Å²) in [6, 6.07) is 20.0. The molecular formula is C28H26ClNO5. The van der Waals surface area contributed by atoms with Gasteiger partial charge in [0.1, 0.15) is 17.3 Å². The van der Waals surface area contributed by atoms with Crippen molar-refractivity contribution in [3.8, 4) is 11.5 Å². The van der Waals surface area contributed by atoms with Crippen molar-refractivity contribution >= 4 is 34.7 Å². The Labute approximate surface area is 209 Å². The zero-order valence-electron chi connectivity index (χ0n) is 19.7. The molecule has 1 unspecified atom stereocenters. The molecule has 0 saturated carbocycles. The molecule has 7 heteroatoms. The van der Waals surface area contributed by atoms with Crippen molar-refractivity contribution in [2.75, 3.05) is 11.5 Å². The molecule has 6 nitrogen and oxygen atoms in total. The van der Waals surface area contributed by atoms with Crippen LogP contribution in [0.4, 0.5) is 5.69 Å². The lowest BCUT2D eigenvalue weighted by atomic mass is 9.95. The van der Waals surface area contributed by atoms with Crippen LogP contribution in [0.3, 0.4) is 0 Å². The van der Waals surface area contributed by atoms with E-state index in [1.807, 2.05) is 51.1 Å². The highest BCUT2D eigenvalue weighted by Crippen LogP contribution is 2.43. The molecule has 0 radical (unpaired) electrons. The van der Waals surface area contributed by atoms with Crippen LogP contribution >= 0.6 is 11.6 Å². The minimum Gasteiger partial charge on any atom is -0.507 e. The fraction of sp³-hybridized carbons (Fsp3) is 0.214. The summed E-state index contributed by atoms with van der Waals surface area (Å²) in [5, 5.41) is 11.7. The van der Waals surface area contributed by atoms with Gasteiger partial charge in [0.05, 0.1) is 29.3 Å². The highest BCUT2D eigenvalue weighted by Gasteiger charge is 2.47. The fourth-order valence-corrected chi connectivity index (χ4v) is 4.25. The third-order valence-electron chi connectivity index (χ3n) is 5.55. The van der Waals surface area contributed by atoms with Crippen LogP contribution < -0.4 is 14.4 Å². The van der Waals surface area contributed by atoms with Crippen molar-refractivity contribution in [2.45, 2.75) is 32.9 Å². The van der Waals surface area contributed by atoms with Gasteiger partial charge in [-0.15, -0.1) is 0 Å². The lowest BCUT2D eigenvalue weighted by Gasteiger charge is -2.25. The van der Waals surface area contributed by atoms with Gasteiger partial charge < -0.3 is 14.6 Å². The van der Waals surface area contributed by atoms with Crippen molar-refractivity contribution in [3.63, 3.8) is 0 Å². The van der Waals surface area contributed by atoms with E-state index >= 15 is 0 Å². The first-order chi connectivity index (χ1) is 16.8. The Morgan fingerprint density at radius 1 is 1.03 bits per heavy atom. The van der Waals surface area contributed by atoms with E-state index in [0.29, 0.717) is 39.9 Å². The highest BCUT2D eigenvalue weighted by molar-refractivity contribution is 6.51. The Kier molecular flexibility index (Phi) is 7.12. The minimum absolute atomic E-state index is 0.000325. The summed E-state index contributed by atoms with van der Waals surface area (Å²) in [4.78, 5) is 28.0. The van der Waals surface area contributed by atoms with Gasteiger partial charge in [0.2, 0.25) is 0 Å². The van der Waals surface area contributed by atoms with Crippen molar-refractivity contribution in [1.29, 1.82) is 0 Å². The average molecular weight is 492 g/mol. The van der Waals surface area contributed by atoms with Gasteiger partial charge >= 0.3 is 0 Å². The molecule has 1 aliphatic rings. The van der Waals surface area contributed by atoms with Crippen molar-refractivity contribution < 1.29 is 24.2 Å². The van der Waals surface area contributed by atoms with Gasteiger partial charge in [-0.3, -0.25) is 14.5 Å². The molecule has 1 heterocycles. The summed E-state index contributed by atoms with van der Waals surface area (Å²) in [7, 11) is 0. The monoisotopic (exact) mass is 491 g/mol. The number of hydrogen-bond donors (Lipinski definition) is 1. The van der Waals surface area contributed by atoms with Gasteiger partial charge in [-0.05, 0) is 68.8 Å². The number of carbonyl (C=O) groups excluding carboxylic acids is 2. The molecule has 1 N–H and O–H groups in total. The number of anilines is 1. The number of ether oxygens (including phenoxy) is 2. The fourth-order valence-electron chi connectivity index (χ4n) is 4.08. The molecule has 180 valence electrons. The SMILES string of the molecule is CCOc1cc(/C(O)=C2/C(=O)C(=O)N(c3ccc(OC(C)C)cc3)C2c2ccccc2)ccc1Cl. The number of ketones is 1. The summed E-state index contributed by atoms with van der Waals surface area (Å²) < 4.78 is 11.2. The number of halogens is 1. The standard InChI is InChI=1S/C28H26ClNO5/c1-4-34-23-16-19(10-15-22(23)29)26(31)24-25(18-8-6-5-7-9-18)30(28(33)27(24)32)20-11-13-21(14-12-20)35-17(2)3/h5-17,25,31H,4H2,1-3H3/b26-24-. The highest BCUT2D eigenvalue weighted by atomic mass is 35.5. The molecule has 1 fully saturated rings. The second kappa shape index (κ2) is 10.2. The molecule has 3 aromatic carbocycles. The Morgan fingerprint density at radius 3 is 2.34 bits per heavy atom. The Balaban J connectivity index is 1.85. The van der Waals surface area contributed by atoms with Crippen LogP contribution in [0.1, 0.15) is 37.9 Å². The molecule has 4 rings (SSSR count). The van der Waals surface area contributed by atoms with Crippen LogP contribution in [0.5, 0.6) is 11.5 Å². The van der Waals surface area contributed by atoms with Gasteiger partial charge in [-0.25, -0.2) is 0 Å². The predicted molar refractivity (Wildman–Crippen MR) is 136 cm³/mol. The van der Waals surface area contributed by atoms with E-state index in [1.165, 1.54) is 4.90 Å². The van der Waals surface area contributed by atoms with Crippen LogP contribution in [0, 0.1) is 0 Å². The van der Waals surface area contributed by atoms with Crippen LogP contribution in [-0.2, 0) is 9.59 Å². The number of carbonyl (C=O) groups is 2. The van der Waals surface area contributed by atoms with Gasteiger partial charge in [0, 0.05) is 11.3 Å². The van der Waals surface area contributed by atoms with Crippen LogP contribution in [0.25, 0.3) is 5.76 Å². The Morgan fingerprint density at radius 2 is 1.71 bits per heavy atom. The molecule has 1 saturated heterocycles. The molecule has 0 spiro atoms. The summed E-state index contributed by atoms with van der Waals surface area (Å²) in [5.74, 6) is -0.758. The zero-order chi connectivity index (χ0) is 25.1. The first-order valence-corrected chi connectivity index (χ1v) is 11.7. The van der Waals surface area contributed by atoms with Crippen molar-refractivity contribution in [2.24, 2.45) is 0 Å². The molecule has 35 heavy (non-hydrogen) atoms. The van der Waals surface area contributed by atoms with Crippen molar-refractivity contribution in [1.82, 2.24) is 0 Å². The van der Waals surface area contributed by atoms with E-state index in [1.54, 1.807) is 42.5 Å². The number of benzene rings is 3. The van der Waals surface area contributed by atoms with E-state index in [2.05, 4.69) is 0 Å². The number of Topliss-reactive ketones (excluding diaryl/α,β-unsaturated/α-hetero) is 1. The van der Waals surface area contributed by atoms with Gasteiger partial charge in [-0.2, -0.15) is 0 Å². The predicted octanol–water partition coefficient (Wildman–Crippen LogP) is 6.15. The number of amides is 1. The van der Waals surface area contributed by atoms with E-state index in [-0.39, 0.29) is 17.4 Å². The molecule has 3 aromatic rings. The van der Waals surface area contributed by atoms with E-state index in [4.69, 9.17) is 21.1 Å². The van der Waals surface area contributed by atoms with Crippen LogP contribution in [0.2, 0.25) is 5.02 Å². The van der Waals surface area contributed by atoms with E-state index < -0.39 is 17.7 Å². The first kappa shape index (κ1) is 24.4. The summed E-state index contributed by atoms with van der Waals surface area (Å²) >= 11 is 6.20. The van der Waals surface area contributed by atoms with Gasteiger partial charge in [0.25, 0.3) is 11.7 Å². The zero-order valence-corrected chi connectivity index (χ0v) is 20.5. The normalized spacial score (nSPS) is 17.2. The Bertz CT molecular complexity index is 1270. The minimum atomic E-state index is -0.820. The molecule has 1 atom stereocenters. The summed E-state index contributed by atoms with van der Waals surface area (Å²) in [5.41, 5.74) is 1.53. The number of hydrogen-bond acceptors (Lipinski definition) is 5. The quantitative estimate of drug-likeness (QED) is 0.243. The lowest BCUT2D eigenvalue weighted by molar-refractivity contribution is -0.132. The average Bonchev–Trinajstić information content (AvgIpc) is 3.11. The maximum Gasteiger partial charge on any atom is 0.300 e. The lowest BCUT2D eigenvalue weighted by Crippen LogP contribution is -2.29. The molecule has 0 aromatic heterocycles.